The van der Waals surface area contributed by atoms with Crippen molar-refractivity contribution >= 4 is 5.97 Å². The molecule has 0 spiro atoms. The van der Waals surface area contributed by atoms with E-state index < -0.39 is 0 Å². The minimum atomic E-state index is -0.186. The van der Waals surface area contributed by atoms with Crippen LogP contribution >= 0.6 is 0 Å². The molecule has 4 heteroatoms. The number of hydrogen-bond acceptors (Lipinski definition) is 4. The zero-order valence-corrected chi connectivity index (χ0v) is 14.6. The highest BCUT2D eigenvalue weighted by Crippen LogP contribution is 2.19. The molecule has 0 amide bonds. The van der Waals surface area contributed by atoms with Crippen molar-refractivity contribution in [2.75, 3.05) is 6.61 Å². The Hall–Kier alpha value is -0.610. The van der Waals surface area contributed by atoms with E-state index in [0.717, 1.165) is 38.5 Å². The molecule has 0 aliphatic carbocycles. The van der Waals surface area contributed by atoms with Crippen LogP contribution in [-0.2, 0) is 9.53 Å². The molecule has 2 unspecified atom stereocenters. The highest BCUT2D eigenvalue weighted by molar-refractivity contribution is 5.71. The Labute approximate surface area is 136 Å². The molecule has 1 aliphatic rings. The van der Waals surface area contributed by atoms with Crippen molar-refractivity contribution in [2.45, 2.75) is 103 Å². The minimum Gasteiger partial charge on any atom is -0.462 e. The molecule has 1 fully saturated rings. The van der Waals surface area contributed by atoms with E-state index in [0.29, 0.717) is 6.42 Å². The smallest absolute Gasteiger partial charge is 0.306 e. The number of esters is 1. The zero-order chi connectivity index (χ0) is 16.6. The third-order valence-corrected chi connectivity index (χ3v) is 3.93. The summed E-state index contributed by atoms with van der Waals surface area (Å²) >= 11 is 0. The fourth-order valence-electron chi connectivity index (χ4n) is 2.51. The summed E-state index contributed by atoms with van der Waals surface area (Å²) in [4.78, 5) is 10.7. The number of rotatable bonds is 11. The summed E-state index contributed by atoms with van der Waals surface area (Å²) in [5.41, 5.74) is 0. The van der Waals surface area contributed by atoms with E-state index in [9.17, 15) is 9.90 Å². The summed E-state index contributed by atoms with van der Waals surface area (Å²) in [7, 11) is 0. The van der Waals surface area contributed by atoms with E-state index in [1.165, 1.54) is 32.1 Å². The number of aliphatic hydroxyl groups is 2. The molecule has 1 heterocycles. The molecule has 2 N–H and O–H groups in total. The molecular weight excluding hydrogens is 280 g/mol. The molecule has 4 nitrogen and oxygen atoms in total. The number of carbonyl (C=O) groups excluding carboxylic acids is 1. The van der Waals surface area contributed by atoms with Crippen LogP contribution in [0.15, 0.2) is 0 Å². The standard InChI is InChI=1S/C9H16O2.C9H20O2/c1-2-3-4-5-8-6-7-9(10)11-8;1-2-3-4-6-9(11)7-5-8-10/h8H,2-7H2,1H3;9-11H,2-8H2,1H3. The summed E-state index contributed by atoms with van der Waals surface area (Å²) in [5.74, 6) is -0.00787. The lowest BCUT2D eigenvalue weighted by atomic mass is 10.1. The summed E-state index contributed by atoms with van der Waals surface area (Å²) < 4.78 is 5.07. The topological polar surface area (TPSA) is 66.8 Å². The maximum absolute atomic E-state index is 10.7. The van der Waals surface area contributed by atoms with Crippen molar-refractivity contribution < 1.29 is 19.7 Å². The van der Waals surface area contributed by atoms with Crippen LogP contribution in [0.4, 0.5) is 0 Å². The molecule has 22 heavy (non-hydrogen) atoms. The first-order valence-corrected chi connectivity index (χ1v) is 9.12. The van der Waals surface area contributed by atoms with Gasteiger partial charge in [-0.15, -0.1) is 0 Å². The SMILES string of the molecule is CCCCCC(O)CCCO.CCCCCC1CCC(=O)O1. The van der Waals surface area contributed by atoms with Gasteiger partial charge in [0.25, 0.3) is 0 Å². The second-order valence-corrected chi connectivity index (χ2v) is 6.16. The molecule has 0 saturated carbocycles. The van der Waals surface area contributed by atoms with Gasteiger partial charge >= 0.3 is 5.97 Å². The fraction of sp³-hybridized carbons (Fsp3) is 0.944. The molecule has 132 valence electrons. The maximum atomic E-state index is 10.7. The molecule has 0 aromatic heterocycles. The van der Waals surface area contributed by atoms with E-state index in [-0.39, 0.29) is 24.8 Å². The Bertz CT molecular complexity index is 255. The maximum Gasteiger partial charge on any atom is 0.306 e. The Morgan fingerprint density at radius 3 is 2.27 bits per heavy atom. The summed E-state index contributed by atoms with van der Waals surface area (Å²) in [5, 5.41) is 17.8. The van der Waals surface area contributed by atoms with Crippen molar-refractivity contribution in [2.24, 2.45) is 0 Å². The van der Waals surface area contributed by atoms with Gasteiger partial charge in [-0.1, -0.05) is 46.0 Å². The van der Waals surface area contributed by atoms with Gasteiger partial charge < -0.3 is 14.9 Å². The number of carbonyl (C=O) groups is 1. The Kier molecular flexibility index (Phi) is 14.9. The third-order valence-electron chi connectivity index (χ3n) is 3.93. The van der Waals surface area contributed by atoms with E-state index >= 15 is 0 Å². The number of hydrogen-bond donors (Lipinski definition) is 2. The molecule has 0 aromatic rings. The first-order valence-electron chi connectivity index (χ1n) is 9.12. The van der Waals surface area contributed by atoms with E-state index in [2.05, 4.69) is 13.8 Å². The highest BCUT2D eigenvalue weighted by Gasteiger charge is 2.22. The molecule has 1 saturated heterocycles. The van der Waals surface area contributed by atoms with Crippen LogP contribution in [-0.4, -0.2) is 35.0 Å². The number of ether oxygens (including phenoxy) is 1. The number of unbranched alkanes of at least 4 members (excludes halogenated alkanes) is 4. The third kappa shape index (κ3) is 13.1. The van der Waals surface area contributed by atoms with Crippen LogP contribution in [0.1, 0.15) is 90.9 Å². The van der Waals surface area contributed by atoms with Crippen LogP contribution < -0.4 is 0 Å². The predicted molar refractivity (Wildman–Crippen MR) is 89.7 cm³/mol. The molecule has 1 aliphatic heterocycles. The van der Waals surface area contributed by atoms with E-state index in [1.807, 2.05) is 0 Å². The summed E-state index contributed by atoms with van der Waals surface area (Å²) in [6.07, 6.45) is 12.3. The number of aliphatic hydroxyl groups excluding tert-OH is 2. The van der Waals surface area contributed by atoms with Gasteiger partial charge in [0.2, 0.25) is 0 Å². The minimum absolute atomic E-state index is 0.00787. The lowest BCUT2D eigenvalue weighted by Gasteiger charge is -2.07. The van der Waals surface area contributed by atoms with Gasteiger partial charge in [0.1, 0.15) is 6.10 Å². The van der Waals surface area contributed by atoms with Crippen LogP contribution in [0.5, 0.6) is 0 Å². The Balaban J connectivity index is 0.000000401. The predicted octanol–water partition coefficient (Wildman–Crippen LogP) is 3.97. The molecule has 0 radical (unpaired) electrons. The van der Waals surface area contributed by atoms with Crippen molar-refractivity contribution in [1.29, 1.82) is 0 Å². The van der Waals surface area contributed by atoms with Gasteiger partial charge in [-0.2, -0.15) is 0 Å². The van der Waals surface area contributed by atoms with Crippen molar-refractivity contribution in [3.05, 3.63) is 0 Å². The second kappa shape index (κ2) is 15.3. The second-order valence-electron chi connectivity index (χ2n) is 6.16. The molecule has 2 atom stereocenters. The van der Waals surface area contributed by atoms with Gasteiger partial charge in [0, 0.05) is 13.0 Å². The fourth-order valence-corrected chi connectivity index (χ4v) is 2.51. The Morgan fingerprint density at radius 1 is 1.09 bits per heavy atom. The van der Waals surface area contributed by atoms with Gasteiger partial charge in [0.15, 0.2) is 0 Å². The van der Waals surface area contributed by atoms with Crippen LogP contribution in [0.2, 0.25) is 0 Å². The van der Waals surface area contributed by atoms with E-state index in [1.54, 1.807) is 0 Å². The molecule has 1 rings (SSSR count). The highest BCUT2D eigenvalue weighted by atomic mass is 16.5. The largest absolute Gasteiger partial charge is 0.462 e. The quantitative estimate of drug-likeness (QED) is 0.447. The van der Waals surface area contributed by atoms with Crippen LogP contribution in [0.3, 0.4) is 0 Å². The lowest BCUT2D eigenvalue weighted by molar-refractivity contribution is -0.141. The monoisotopic (exact) mass is 316 g/mol. The Morgan fingerprint density at radius 2 is 1.73 bits per heavy atom. The van der Waals surface area contributed by atoms with Gasteiger partial charge in [-0.25, -0.2) is 0 Å². The summed E-state index contributed by atoms with van der Waals surface area (Å²) in [6, 6.07) is 0. The lowest BCUT2D eigenvalue weighted by Crippen LogP contribution is -2.06. The number of cyclic esters (lactones) is 1. The molecular formula is C18H36O4. The zero-order valence-electron chi connectivity index (χ0n) is 14.6. The van der Waals surface area contributed by atoms with Gasteiger partial charge in [0.05, 0.1) is 6.10 Å². The normalized spacial score (nSPS) is 18.5. The first kappa shape index (κ1) is 21.4. The average Bonchev–Trinajstić information content (AvgIpc) is 2.92. The molecule has 0 aromatic carbocycles. The van der Waals surface area contributed by atoms with Crippen LogP contribution in [0.25, 0.3) is 0 Å². The molecule has 0 bridgehead atoms. The first-order chi connectivity index (χ1) is 10.6. The van der Waals surface area contributed by atoms with Crippen molar-refractivity contribution in [3.63, 3.8) is 0 Å². The van der Waals surface area contributed by atoms with E-state index in [4.69, 9.17) is 9.84 Å². The average molecular weight is 316 g/mol. The van der Waals surface area contributed by atoms with Gasteiger partial charge in [-0.3, -0.25) is 4.79 Å². The van der Waals surface area contributed by atoms with Crippen molar-refractivity contribution in [3.8, 4) is 0 Å². The van der Waals surface area contributed by atoms with Crippen LogP contribution in [0, 0.1) is 0 Å². The van der Waals surface area contributed by atoms with Gasteiger partial charge in [-0.05, 0) is 38.5 Å². The summed E-state index contributed by atoms with van der Waals surface area (Å²) in [6.45, 7) is 4.53. The van der Waals surface area contributed by atoms with Crippen molar-refractivity contribution in [1.82, 2.24) is 0 Å².